The number of hydrogen-bond donors (Lipinski definition) is 2. The maximum atomic E-state index is 9.32. The maximum Gasteiger partial charge on any atom is 0.222 e. The lowest BCUT2D eigenvalue weighted by atomic mass is 10.1. The van der Waals surface area contributed by atoms with Gasteiger partial charge in [-0.25, -0.2) is 4.98 Å². The second-order valence-electron chi connectivity index (χ2n) is 5.21. The van der Waals surface area contributed by atoms with Gasteiger partial charge in [-0.05, 0) is 18.2 Å². The summed E-state index contributed by atoms with van der Waals surface area (Å²) in [5.41, 5.74) is 13.7. The Kier molecular flexibility index (Phi) is 4.82. The molecule has 0 spiro atoms. The Balaban J connectivity index is 1.90. The molecule has 0 fully saturated rings. The Morgan fingerprint density at radius 2 is 1.88 bits per heavy atom. The molecular weight excluding hydrogens is 382 g/mol. The molecule has 25 heavy (non-hydrogen) atoms. The minimum atomic E-state index is 0.0195. The zero-order chi connectivity index (χ0) is 17.8. The quantitative estimate of drug-likeness (QED) is 0.698. The Labute approximate surface area is 153 Å². The van der Waals surface area contributed by atoms with E-state index in [1.165, 1.54) is 0 Å². The van der Waals surface area contributed by atoms with Crippen LogP contribution in [0, 0.1) is 11.3 Å². The fourth-order valence-corrected chi connectivity index (χ4v) is 2.72. The van der Waals surface area contributed by atoms with Crippen molar-refractivity contribution in [3.8, 4) is 23.1 Å². The molecule has 0 saturated carbocycles. The van der Waals surface area contributed by atoms with Crippen LogP contribution in [-0.2, 0) is 6.61 Å². The van der Waals surface area contributed by atoms with E-state index in [4.69, 9.17) is 16.2 Å². The van der Waals surface area contributed by atoms with E-state index in [2.05, 4.69) is 25.9 Å². The van der Waals surface area contributed by atoms with Crippen LogP contribution in [0.3, 0.4) is 0 Å². The third kappa shape index (κ3) is 3.70. The predicted molar refractivity (Wildman–Crippen MR) is 99.5 cm³/mol. The van der Waals surface area contributed by atoms with Crippen molar-refractivity contribution in [2.75, 3.05) is 11.5 Å². The number of aromatic nitrogens is 2. The van der Waals surface area contributed by atoms with Gasteiger partial charge in [0.05, 0.1) is 5.69 Å². The van der Waals surface area contributed by atoms with Crippen molar-refractivity contribution in [1.29, 1.82) is 5.26 Å². The van der Waals surface area contributed by atoms with Crippen LogP contribution in [0.4, 0.5) is 11.8 Å². The van der Waals surface area contributed by atoms with Crippen molar-refractivity contribution in [2.45, 2.75) is 6.61 Å². The lowest BCUT2D eigenvalue weighted by molar-refractivity contribution is 0.305. The van der Waals surface area contributed by atoms with Crippen molar-refractivity contribution in [2.24, 2.45) is 0 Å². The molecule has 0 atom stereocenters. The summed E-state index contributed by atoms with van der Waals surface area (Å²) < 4.78 is 6.83. The van der Waals surface area contributed by atoms with E-state index in [1.807, 2.05) is 48.5 Å². The molecule has 0 bridgehead atoms. The van der Waals surface area contributed by atoms with Gasteiger partial charge < -0.3 is 16.2 Å². The summed E-state index contributed by atoms with van der Waals surface area (Å²) in [6.45, 7) is 0.407. The molecule has 1 heterocycles. The van der Waals surface area contributed by atoms with Gasteiger partial charge in [0.15, 0.2) is 0 Å². The third-order valence-corrected chi connectivity index (χ3v) is 4.30. The van der Waals surface area contributed by atoms with Crippen LogP contribution in [0.15, 0.2) is 53.0 Å². The fourth-order valence-electron chi connectivity index (χ4n) is 2.32. The van der Waals surface area contributed by atoms with E-state index in [1.54, 1.807) is 6.07 Å². The summed E-state index contributed by atoms with van der Waals surface area (Å²) in [5, 5.41) is 9.32. The molecule has 3 aromatic rings. The molecule has 7 heteroatoms. The summed E-state index contributed by atoms with van der Waals surface area (Å²) in [7, 11) is 0. The van der Waals surface area contributed by atoms with Crippen LogP contribution in [0.1, 0.15) is 11.1 Å². The summed E-state index contributed by atoms with van der Waals surface area (Å²) >= 11 is 3.50. The molecule has 0 aliphatic carbocycles. The summed E-state index contributed by atoms with van der Waals surface area (Å²) in [6, 6.07) is 17.1. The Morgan fingerprint density at radius 1 is 1.08 bits per heavy atom. The first kappa shape index (κ1) is 16.7. The highest BCUT2D eigenvalue weighted by molar-refractivity contribution is 9.10. The molecule has 3 rings (SSSR count). The average Bonchev–Trinajstić information content (AvgIpc) is 2.61. The van der Waals surface area contributed by atoms with Crippen molar-refractivity contribution in [3.05, 3.63) is 64.1 Å². The first-order valence-corrected chi connectivity index (χ1v) is 8.17. The number of nitrogens with two attached hydrogens (primary N) is 2. The number of nitrogens with zero attached hydrogens (tertiary/aromatic N) is 3. The van der Waals surface area contributed by atoms with Crippen LogP contribution in [0.2, 0.25) is 0 Å². The van der Waals surface area contributed by atoms with E-state index in [0.29, 0.717) is 23.6 Å². The number of halogens is 1. The minimum Gasteiger partial charge on any atom is -0.489 e. The number of benzene rings is 2. The largest absolute Gasteiger partial charge is 0.489 e. The second-order valence-corrected chi connectivity index (χ2v) is 6.06. The first-order chi connectivity index (χ1) is 12.1. The van der Waals surface area contributed by atoms with E-state index in [-0.39, 0.29) is 17.3 Å². The van der Waals surface area contributed by atoms with Crippen molar-refractivity contribution in [1.82, 2.24) is 9.97 Å². The molecule has 0 saturated heterocycles. The molecule has 2 aromatic carbocycles. The zero-order valence-electron chi connectivity index (χ0n) is 13.1. The van der Waals surface area contributed by atoms with Crippen LogP contribution in [0.25, 0.3) is 11.3 Å². The number of ether oxygens (including phenoxy) is 1. The highest BCUT2D eigenvalue weighted by Crippen LogP contribution is 2.28. The normalized spacial score (nSPS) is 10.2. The maximum absolute atomic E-state index is 9.32. The molecule has 124 valence electrons. The summed E-state index contributed by atoms with van der Waals surface area (Å²) in [5.74, 6) is 0.725. The number of hydrogen-bond acceptors (Lipinski definition) is 6. The van der Waals surface area contributed by atoms with Gasteiger partial charge in [-0.3, -0.25) is 0 Å². The summed E-state index contributed by atoms with van der Waals surface area (Å²) in [4.78, 5) is 7.97. The lowest BCUT2D eigenvalue weighted by Crippen LogP contribution is -2.05. The SMILES string of the molecule is N#Cc1c(N)nc(N)nc1-c1cccc(OCc2ccccc2Br)c1. The highest BCUT2D eigenvalue weighted by atomic mass is 79.9. The molecule has 0 aliphatic heterocycles. The van der Waals surface area contributed by atoms with Gasteiger partial charge in [0.25, 0.3) is 0 Å². The molecule has 1 aromatic heterocycles. The predicted octanol–water partition coefficient (Wildman–Crippen LogP) is 3.52. The van der Waals surface area contributed by atoms with Crippen molar-refractivity contribution in [3.63, 3.8) is 0 Å². The van der Waals surface area contributed by atoms with Crippen molar-refractivity contribution >= 4 is 27.7 Å². The second kappa shape index (κ2) is 7.20. The third-order valence-electron chi connectivity index (χ3n) is 3.53. The number of nitriles is 1. The van der Waals surface area contributed by atoms with Gasteiger partial charge in [-0.15, -0.1) is 0 Å². The van der Waals surface area contributed by atoms with Gasteiger partial charge in [-0.2, -0.15) is 10.2 Å². The first-order valence-electron chi connectivity index (χ1n) is 7.38. The van der Waals surface area contributed by atoms with Gasteiger partial charge in [0.2, 0.25) is 5.95 Å². The standard InChI is InChI=1S/C18H14BrN5O/c19-15-7-2-1-4-12(15)10-25-13-6-3-5-11(8-13)16-14(9-20)17(21)24-18(22)23-16/h1-8H,10H2,(H4,21,22,23,24). The number of rotatable bonds is 4. The van der Waals surface area contributed by atoms with Gasteiger partial charge in [0, 0.05) is 15.6 Å². The van der Waals surface area contributed by atoms with E-state index in [9.17, 15) is 5.26 Å². The van der Waals surface area contributed by atoms with Gasteiger partial charge >= 0.3 is 0 Å². The van der Waals surface area contributed by atoms with E-state index in [0.717, 1.165) is 10.0 Å². The van der Waals surface area contributed by atoms with Gasteiger partial charge in [-0.1, -0.05) is 46.3 Å². The molecule has 0 unspecified atom stereocenters. The molecule has 0 aliphatic rings. The van der Waals surface area contributed by atoms with Crippen LogP contribution >= 0.6 is 15.9 Å². The highest BCUT2D eigenvalue weighted by Gasteiger charge is 2.13. The van der Waals surface area contributed by atoms with E-state index < -0.39 is 0 Å². The van der Waals surface area contributed by atoms with Crippen LogP contribution in [-0.4, -0.2) is 9.97 Å². The minimum absolute atomic E-state index is 0.0195. The van der Waals surface area contributed by atoms with Crippen LogP contribution in [0.5, 0.6) is 5.75 Å². The topological polar surface area (TPSA) is 111 Å². The lowest BCUT2D eigenvalue weighted by Gasteiger charge is -2.10. The molecular formula is C18H14BrN5O. The van der Waals surface area contributed by atoms with E-state index >= 15 is 0 Å². The van der Waals surface area contributed by atoms with Gasteiger partial charge in [0.1, 0.15) is 29.8 Å². The Morgan fingerprint density at radius 3 is 2.64 bits per heavy atom. The Bertz CT molecular complexity index is 968. The molecule has 6 nitrogen and oxygen atoms in total. The number of anilines is 2. The Hall–Kier alpha value is -3.11. The number of nitrogen functional groups attached to an aromatic ring is 2. The fraction of sp³-hybridized carbons (Fsp3) is 0.0556. The zero-order valence-corrected chi connectivity index (χ0v) is 14.7. The van der Waals surface area contributed by atoms with Crippen LogP contribution < -0.4 is 16.2 Å². The molecule has 0 amide bonds. The monoisotopic (exact) mass is 395 g/mol. The van der Waals surface area contributed by atoms with Crippen molar-refractivity contribution < 1.29 is 4.74 Å². The smallest absolute Gasteiger partial charge is 0.222 e. The molecule has 4 N–H and O–H groups in total. The summed E-state index contributed by atoms with van der Waals surface area (Å²) in [6.07, 6.45) is 0. The average molecular weight is 396 g/mol. The molecule has 0 radical (unpaired) electrons.